The van der Waals surface area contributed by atoms with Gasteiger partial charge in [-0.1, -0.05) is 30.3 Å². The molecule has 0 aliphatic heterocycles. The van der Waals surface area contributed by atoms with Crippen LogP contribution in [0.5, 0.6) is 5.75 Å². The summed E-state index contributed by atoms with van der Waals surface area (Å²) in [6.07, 6.45) is -3.02. The molecule has 3 aromatic heterocycles. The van der Waals surface area contributed by atoms with Crippen molar-refractivity contribution >= 4 is 55.7 Å². The molecule has 0 aliphatic carbocycles. The molecule has 0 atom stereocenters. The highest BCUT2D eigenvalue weighted by atomic mass is 32.1. The Balaban J connectivity index is 1.28. The molecule has 6 rings (SSSR count). The summed E-state index contributed by atoms with van der Waals surface area (Å²) in [6, 6.07) is 22.2. The molecule has 7 nitrogen and oxygen atoms in total. The Morgan fingerprint density at radius 2 is 1.82 bits per heavy atom. The van der Waals surface area contributed by atoms with E-state index < -0.39 is 18.0 Å². The number of amides is 1. The first kappa shape index (κ1) is 25.4. The summed E-state index contributed by atoms with van der Waals surface area (Å²) < 4.78 is 42.8. The number of H-pyrrole nitrogens is 1. The first-order valence-corrected chi connectivity index (χ1v) is 12.9. The monoisotopic (exact) mass is 559 g/mol. The Labute approximate surface area is 229 Å². The summed E-state index contributed by atoms with van der Waals surface area (Å²) in [5.74, 6) is -0.569. The number of aromatic amines is 1. The average molecular weight is 560 g/mol. The van der Waals surface area contributed by atoms with Crippen molar-refractivity contribution in [1.82, 2.24) is 15.0 Å². The van der Waals surface area contributed by atoms with Gasteiger partial charge < -0.3 is 20.4 Å². The van der Waals surface area contributed by atoms with Crippen LogP contribution < -0.4 is 15.4 Å². The standard InChI is InChI=1S/C29H20F3N5O2S/c1-16-9-10-18(27(38)34-19-6-4-7-20(15-19)39-29(30,31)32)13-22(16)36-28-35-21-11-12-33-25(21)26(37-28)24-14-17-5-2-3-8-23(17)40-24/h2-15,33H,1H3,(H,34,38)(H,35,36,37). The molecule has 200 valence electrons. The van der Waals surface area contributed by atoms with Crippen molar-refractivity contribution in [2.45, 2.75) is 13.3 Å². The second-order valence-corrected chi connectivity index (χ2v) is 10.1. The number of anilines is 3. The largest absolute Gasteiger partial charge is 0.573 e. The highest BCUT2D eigenvalue weighted by Crippen LogP contribution is 2.36. The maximum atomic E-state index is 13.0. The maximum absolute atomic E-state index is 13.0. The minimum atomic E-state index is -4.83. The Bertz CT molecular complexity index is 1850. The van der Waals surface area contributed by atoms with E-state index in [4.69, 9.17) is 4.98 Å². The fourth-order valence-corrected chi connectivity index (χ4v) is 5.33. The SMILES string of the molecule is Cc1ccc(C(=O)Nc2cccc(OC(F)(F)F)c2)cc1Nc1nc(-c2cc3ccccc3s2)c2[nH]ccc2n1. The molecule has 3 heterocycles. The van der Waals surface area contributed by atoms with Crippen LogP contribution in [0.4, 0.5) is 30.5 Å². The van der Waals surface area contributed by atoms with Gasteiger partial charge in [-0.05, 0) is 60.3 Å². The fraction of sp³-hybridized carbons (Fsp3) is 0.0690. The van der Waals surface area contributed by atoms with Crippen LogP contribution in [0.15, 0.2) is 85.1 Å². The van der Waals surface area contributed by atoms with Crippen molar-refractivity contribution in [2.75, 3.05) is 10.6 Å². The lowest BCUT2D eigenvalue weighted by Crippen LogP contribution is -2.17. The Morgan fingerprint density at radius 3 is 2.65 bits per heavy atom. The van der Waals surface area contributed by atoms with Gasteiger partial charge in [0.05, 0.1) is 15.9 Å². The molecule has 1 amide bonds. The van der Waals surface area contributed by atoms with Gasteiger partial charge in [-0.3, -0.25) is 4.79 Å². The summed E-state index contributed by atoms with van der Waals surface area (Å²) in [7, 11) is 0. The van der Waals surface area contributed by atoms with Crippen LogP contribution in [-0.2, 0) is 0 Å². The number of hydrogen-bond acceptors (Lipinski definition) is 6. The third-order valence-electron chi connectivity index (χ3n) is 6.14. The lowest BCUT2D eigenvalue weighted by molar-refractivity contribution is -0.274. The van der Waals surface area contributed by atoms with Crippen molar-refractivity contribution in [2.24, 2.45) is 0 Å². The molecule has 0 fully saturated rings. The first-order chi connectivity index (χ1) is 19.2. The number of benzene rings is 3. The molecule has 0 aliphatic rings. The van der Waals surface area contributed by atoms with Gasteiger partial charge in [0.25, 0.3) is 5.91 Å². The number of nitrogens with one attached hydrogen (secondary N) is 3. The molecule has 6 aromatic rings. The third-order valence-corrected chi connectivity index (χ3v) is 7.26. The van der Waals surface area contributed by atoms with Crippen LogP contribution in [0, 0.1) is 6.92 Å². The van der Waals surface area contributed by atoms with E-state index >= 15 is 0 Å². The van der Waals surface area contributed by atoms with E-state index in [0.29, 0.717) is 17.2 Å². The molecule has 40 heavy (non-hydrogen) atoms. The number of halogens is 3. The number of alkyl halides is 3. The topological polar surface area (TPSA) is 91.9 Å². The van der Waals surface area contributed by atoms with Crippen molar-refractivity contribution in [3.63, 3.8) is 0 Å². The lowest BCUT2D eigenvalue weighted by Gasteiger charge is -2.13. The Kier molecular flexibility index (Phi) is 6.35. The molecule has 0 bridgehead atoms. The van der Waals surface area contributed by atoms with Crippen molar-refractivity contribution in [1.29, 1.82) is 0 Å². The number of fused-ring (bicyclic) bond motifs is 2. The summed E-state index contributed by atoms with van der Waals surface area (Å²) in [4.78, 5) is 26.6. The molecular weight excluding hydrogens is 539 g/mol. The van der Waals surface area contributed by atoms with Gasteiger partial charge >= 0.3 is 6.36 Å². The van der Waals surface area contributed by atoms with Gasteiger partial charge in [0, 0.05) is 33.9 Å². The van der Waals surface area contributed by atoms with E-state index in [-0.39, 0.29) is 5.69 Å². The van der Waals surface area contributed by atoms with Gasteiger partial charge in [0.2, 0.25) is 5.95 Å². The molecule has 0 unspecified atom stereocenters. The molecule has 11 heteroatoms. The third kappa shape index (κ3) is 5.32. The van der Waals surface area contributed by atoms with Gasteiger partial charge in [-0.25, -0.2) is 9.97 Å². The van der Waals surface area contributed by atoms with Gasteiger partial charge in [-0.15, -0.1) is 24.5 Å². The smallest absolute Gasteiger partial charge is 0.406 e. The van der Waals surface area contributed by atoms with E-state index in [1.54, 1.807) is 29.5 Å². The van der Waals surface area contributed by atoms with Crippen LogP contribution in [0.3, 0.4) is 0 Å². The number of rotatable bonds is 6. The molecular formula is C29H20F3N5O2S. The number of carbonyl (C=O) groups excluding carboxylic acids is 1. The number of ether oxygens (including phenoxy) is 1. The summed E-state index contributed by atoms with van der Waals surface area (Å²) >= 11 is 1.64. The fourth-order valence-electron chi connectivity index (χ4n) is 4.27. The van der Waals surface area contributed by atoms with E-state index in [1.165, 1.54) is 12.1 Å². The zero-order valence-electron chi connectivity index (χ0n) is 20.8. The number of thiophene rings is 1. The summed E-state index contributed by atoms with van der Waals surface area (Å²) in [5, 5.41) is 6.97. The molecule has 3 aromatic carbocycles. The zero-order valence-corrected chi connectivity index (χ0v) is 21.7. The summed E-state index contributed by atoms with van der Waals surface area (Å²) in [6.45, 7) is 1.88. The Morgan fingerprint density at radius 1 is 0.975 bits per heavy atom. The minimum absolute atomic E-state index is 0.163. The Hall–Kier alpha value is -4.90. The van der Waals surface area contributed by atoms with Gasteiger partial charge in [-0.2, -0.15) is 0 Å². The normalized spacial score (nSPS) is 11.6. The maximum Gasteiger partial charge on any atom is 0.573 e. The molecule has 3 N–H and O–H groups in total. The molecule has 0 spiro atoms. The summed E-state index contributed by atoms with van der Waals surface area (Å²) in [5.41, 5.74) is 4.22. The minimum Gasteiger partial charge on any atom is -0.406 e. The number of aryl methyl sites for hydroxylation is 1. The van der Waals surface area contributed by atoms with Crippen molar-refractivity contribution in [3.05, 3.63) is 96.2 Å². The molecule has 0 radical (unpaired) electrons. The highest BCUT2D eigenvalue weighted by Gasteiger charge is 2.31. The second-order valence-electron chi connectivity index (χ2n) is 8.97. The van der Waals surface area contributed by atoms with Crippen LogP contribution in [0.2, 0.25) is 0 Å². The van der Waals surface area contributed by atoms with E-state index in [1.807, 2.05) is 31.3 Å². The van der Waals surface area contributed by atoms with E-state index in [2.05, 4.69) is 43.5 Å². The number of nitrogens with zero attached hydrogens (tertiary/aromatic N) is 2. The highest BCUT2D eigenvalue weighted by molar-refractivity contribution is 7.22. The predicted octanol–water partition coefficient (Wildman–Crippen LogP) is 8.04. The molecule has 0 saturated carbocycles. The van der Waals surface area contributed by atoms with Crippen LogP contribution in [-0.4, -0.2) is 27.2 Å². The van der Waals surface area contributed by atoms with Crippen LogP contribution in [0.25, 0.3) is 31.7 Å². The van der Waals surface area contributed by atoms with Gasteiger partial charge in [0.1, 0.15) is 11.4 Å². The molecule has 0 saturated heterocycles. The van der Waals surface area contributed by atoms with Crippen LogP contribution in [0.1, 0.15) is 15.9 Å². The van der Waals surface area contributed by atoms with Crippen LogP contribution >= 0.6 is 11.3 Å². The average Bonchev–Trinajstić information content (AvgIpc) is 3.56. The number of aromatic nitrogens is 3. The number of hydrogen-bond donors (Lipinski definition) is 3. The van der Waals surface area contributed by atoms with E-state index in [9.17, 15) is 18.0 Å². The van der Waals surface area contributed by atoms with Crippen molar-refractivity contribution < 1.29 is 22.7 Å². The first-order valence-electron chi connectivity index (χ1n) is 12.1. The number of carbonyl (C=O) groups is 1. The second kappa shape index (κ2) is 10.0. The quantitative estimate of drug-likeness (QED) is 0.192. The van der Waals surface area contributed by atoms with Crippen molar-refractivity contribution in [3.8, 4) is 16.3 Å². The van der Waals surface area contributed by atoms with E-state index in [0.717, 1.165) is 49.4 Å². The predicted molar refractivity (Wildman–Crippen MR) is 150 cm³/mol. The van der Waals surface area contributed by atoms with Gasteiger partial charge in [0.15, 0.2) is 0 Å². The zero-order chi connectivity index (χ0) is 27.9. The lowest BCUT2D eigenvalue weighted by atomic mass is 10.1.